The van der Waals surface area contributed by atoms with Crippen molar-refractivity contribution < 1.29 is 9.53 Å². The van der Waals surface area contributed by atoms with Crippen molar-refractivity contribution >= 4 is 17.3 Å². The van der Waals surface area contributed by atoms with Crippen molar-refractivity contribution in [3.05, 3.63) is 48.3 Å². The number of ether oxygens (including phenoxy) is 1. The maximum absolute atomic E-state index is 12.5. The Labute approximate surface area is 149 Å². The van der Waals surface area contributed by atoms with Gasteiger partial charge in [0.1, 0.15) is 11.4 Å². The van der Waals surface area contributed by atoms with Crippen LogP contribution in [-0.4, -0.2) is 30.6 Å². The van der Waals surface area contributed by atoms with E-state index in [-0.39, 0.29) is 5.91 Å². The fourth-order valence-electron chi connectivity index (χ4n) is 3.16. The van der Waals surface area contributed by atoms with E-state index in [1.54, 1.807) is 6.20 Å². The monoisotopic (exact) mass is 339 g/mol. The molecule has 0 radical (unpaired) electrons. The minimum Gasteiger partial charge on any atom is -0.494 e. The van der Waals surface area contributed by atoms with Crippen LogP contribution in [0.25, 0.3) is 0 Å². The molecule has 25 heavy (non-hydrogen) atoms. The lowest BCUT2D eigenvalue weighted by Crippen LogP contribution is -2.34. The first-order valence-electron chi connectivity index (χ1n) is 8.91. The third kappa shape index (κ3) is 4.50. The molecule has 5 nitrogen and oxygen atoms in total. The Bertz CT molecular complexity index is 715. The summed E-state index contributed by atoms with van der Waals surface area (Å²) in [5.74, 6) is 1.28. The minimum atomic E-state index is -0.198. The van der Waals surface area contributed by atoms with Gasteiger partial charge in [-0.15, -0.1) is 0 Å². The predicted molar refractivity (Wildman–Crippen MR) is 100 cm³/mol. The number of benzene rings is 1. The minimum absolute atomic E-state index is 0.198. The van der Waals surface area contributed by atoms with Gasteiger partial charge in [0.25, 0.3) is 5.91 Å². The van der Waals surface area contributed by atoms with Gasteiger partial charge >= 0.3 is 0 Å². The Balaban J connectivity index is 1.68. The van der Waals surface area contributed by atoms with Crippen LogP contribution in [0.2, 0.25) is 0 Å². The average Bonchev–Trinajstić information content (AvgIpc) is 2.64. The maximum atomic E-state index is 12.5. The van der Waals surface area contributed by atoms with Gasteiger partial charge in [-0.05, 0) is 62.1 Å². The summed E-state index contributed by atoms with van der Waals surface area (Å²) in [5, 5.41) is 2.89. The van der Waals surface area contributed by atoms with Crippen LogP contribution in [0.15, 0.2) is 42.6 Å². The number of nitrogens with one attached hydrogen (secondary N) is 1. The lowest BCUT2D eigenvalue weighted by molar-refractivity contribution is 0.102. The molecule has 1 aromatic heterocycles. The number of anilines is 2. The number of carbonyl (C=O) groups is 1. The summed E-state index contributed by atoms with van der Waals surface area (Å²) in [6, 6.07) is 11.2. The van der Waals surface area contributed by atoms with Gasteiger partial charge in [-0.1, -0.05) is 6.92 Å². The largest absolute Gasteiger partial charge is 0.494 e. The summed E-state index contributed by atoms with van der Waals surface area (Å²) >= 11 is 0. The zero-order valence-electron chi connectivity index (χ0n) is 14.9. The first-order chi connectivity index (χ1) is 12.2. The molecule has 2 aromatic rings. The van der Waals surface area contributed by atoms with Crippen molar-refractivity contribution in [3.8, 4) is 5.75 Å². The van der Waals surface area contributed by atoms with Crippen LogP contribution in [0.4, 0.5) is 11.4 Å². The third-order valence-corrected chi connectivity index (χ3v) is 4.42. The van der Waals surface area contributed by atoms with Crippen LogP contribution < -0.4 is 15.0 Å². The highest BCUT2D eigenvalue weighted by Gasteiger charge is 2.18. The van der Waals surface area contributed by atoms with E-state index in [1.165, 1.54) is 12.8 Å². The lowest BCUT2D eigenvalue weighted by Gasteiger charge is -2.32. The second-order valence-electron chi connectivity index (χ2n) is 6.50. The second kappa shape index (κ2) is 8.01. The number of carbonyl (C=O) groups excluding carboxylic acids is 1. The number of pyridine rings is 1. The fourth-order valence-corrected chi connectivity index (χ4v) is 3.16. The van der Waals surface area contributed by atoms with E-state index in [0.717, 1.165) is 30.2 Å². The normalized spacial score (nSPS) is 17.2. The summed E-state index contributed by atoms with van der Waals surface area (Å²) in [7, 11) is 0. The molecule has 0 aliphatic carbocycles. The number of amides is 1. The summed E-state index contributed by atoms with van der Waals surface area (Å²) in [5.41, 5.74) is 2.23. The Morgan fingerprint density at radius 2 is 2.12 bits per heavy atom. The van der Waals surface area contributed by atoms with Crippen molar-refractivity contribution in [2.24, 2.45) is 5.92 Å². The van der Waals surface area contributed by atoms with E-state index in [2.05, 4.69) is 22.1 Å². The van der Waals surface area contributed by atoms with Crippen molar-refractivity contribution in [3.63, 3.8) is 0 Å². The smallest absolute Gasteiger partial charge is 0.274 e. The van der Waals surface area contributed by atoms with E-state index in [1.807, 2.05) is 43.3 Å². The predicted octanol–water partition coefficient (Wildman–Crippen LogP) is 3.97. The molecule has 1 aliphatic heterocycles. The topological polar surface area (TPSA) is 54.5 Å². The van der Waals surface area contributed by atoms with E-state index in [9.17, 15) is 4.79 Å². The maximum Gasteiger partial charge on any atom is 0.274 e. The van der Waals surface area contributed by atoms with Crippen molar-refractivity contribution in [1.29, 1.82) is 0 Å². The Morgan fingerprint density at radius 1 is 1.32 bits per heavy atom. The number of nitrogens with zero attached hydrogens (tertiary/aromatic N) is 2. The quantitative estimate of drug-likeness (QED) is 0.895. The zero-order chi connectivity index (χ0) is 17.6. The molecule has 0 bridgehead atoms. The fraction of sp³-hybridized carbons (Fsp3) is 0.400. The van der Waals surface area contributed by atoms with Gasteiger partial charge in [0.15, 0.2) is 0 Å². The SMILES string of the molecule is CCOc1ccc(NC(=O)c2cc(N3CCCC(C)C3)ccn2)cc1. The Morgan fingerprint density at radius 3 is 2.84 bits per heavy atom. The van der Waals surface area contributed by atoms with Crippen molar-refractivity contribution in [2.45, 2.75) is 26.7 Å². The summed E-state index contributed by atoms with van der Waals surface area (Å²) in [6.45, 7) is 6.90. The molecule has 0 spiro atoms. The van der Waals surface area contributed by atoms with Gasteiger partial charge in [0.2, 0.25) is 0 Å². The zero-order valence-corrected chi connectivity index (χ0v) is 14.9. The van der Waals surface area contributed by atoms with Gasteiger partial charge in [-0.3, -0.25) is 9.78 Å². The van der Waals surface area contributed by atoms with Crippen LogP contribution in [0, 0.1) is 5.92 Å². The van der Waals surface area contributed by atoms with E-state index in [4.69, 9.17) is 4.74 Å². The molecule has 1 N–H and O–H groups in total. The van der Waals surface area contributed by atoms with Crippen LogP contribution in [0.5, 0.6) is 5.75 Å². The molecular formula is C20H25N3O2. The van der Waals surface area contributed by atoms with Gasteiger partial charge in [0, 0.05) is 30.7 Å². The van der Waals surface area contributed by atoms with E-state index >= 15 is 0 Å². The number of aromatic nitrogens is 1. The number of piperidine rings is 1. The van der Waals surface area contributed by atoms with Crippen molar-refractivity contribution in [1.82, 2.24) is 4.98 Å². The van der Waals surface area contributed by atoms with E-state index in [0.29, 0.717) is 18.2 Å². The molecule has 1 aliphatic rings. The lowest BCUT2D eigenvalue weighted by atomic mass is 10.00. The summed E-state index contributed by atoms with van der Waals surface area (Å²) < 4.78 is 5.41. The molecule has 1 fully saturated rings. The van der Waals surface area contributed by atoms with Gasteiger partial charge < -0.3 is 15.0 Å². The van der Waals surface area contributed by atoms with Crippen LogP contribution in [0.1, 0.15) is 37.2 Å². The second-order valence-corrected chi connectivity index (χ2v) is 6.50. The summed E-state index contributed by atoms with van der Waals surface area (Å²) in [4.78, 5) is 19.1. The molecule has 0 saturated carbocycles. The van der Waals surface area contributed by atoms with E-state index < -0.39 is 0 Å². The van der Waals surface area contributed by atoms with Crippen molar-refractivity contribution in [2.75, 3.05) is 29.9 Å². The number of rotatable bonds is 5. The molecule has 3 rings (SSSR count). The molecule has 5 heteroatoms. The molecule has 1 saturated heterocycles. The highest BCUT2D eigenvalue weighted by Crippen LogP contribution is 2.23. The number of hydrogen-bond donors (Lipinski definition) is 1. The van der Waals surface area contributed by atoms with Gasteiger partial charge in [-0.25, -0.2) is 0 Å². The Kier molecular flexibility index (Phi) is 5.53. The van der Waals surface area contributed by atoms with Crippen LogP contribution in [0.3, 0.4) is 0 Å². The van der Waals surface area contributed by atoms with Crippen LogP contribution >= 0.6 is 0 Å². The molecule has 1 atom stereocenters. The molecule has 1 aromatic carbocycles. The average molecular weight is 339 g/mol. The highest BCUT2D eigenvalue weighted by atomic mass is 16.5. The third-order valence-electron chi connectivity index (χ3n) is 4.42. The Hall–Kier alpha value is -2.56. The van der Waals surface area contributed by atoms with Crippen LogP contribution in [-0.2, 0) is 0 Å². The van der Waals surface area contributed by atoms with Gasteiger partial charge in [-0.2, -0.15) is 0 Å². The molecule has 132 valence electrons. The molecule has 1 unspecified atom stereocenters. The summed E-state index contributed by atoms with van der Waals surface area (Å²) in [6.07, 6.45) is 4.17. The first kappa shape index (κ1) is 17.3. The molecule has 1 amide bonds. The number of hydrogen-bond acceptors (Lipinski definition) is 4. The standard InChI is InChI=1S/C20H25N3O2/c1-3-25-18-8-6-16(7-9-18)22-20(24)19-13-17(10-11-21-19)23-12-4-5-15(2)14-23/h6-11,13,15H,3-5,12,14H2,1-2H3,(H,22,24). The first-order valence-corrected chi connectivity index (χ1v) is 8.91. The highest BCUT2D eigenvalue weighted by molar-refractivity contribution is 6.03. The molecule has 2 heterocycles. The van der Waals surface area contributed by atoms with Gasteiger partial charge in [0.05, 0.1) is 6.61 Å². The molecular weight excluding hydrogens is 314 g/mol.